The van der Waals surface area contributed by atoms with Gasteiger partial charge in [0.05, 0.1) is 20.2 Å². The Hall–Kier alpha value is -0.985. The van der Waals surface area contributed by atoms with E-state index in [1.54, 1.807) is 0 Å². The van der Waals surface area contributed by atoms with Crippen LogP contribution >= 0.6 is 0 Å². The lowest BCUT2D eigenvalue weighted by molar-refractivity contribution is -0.113. The van der Waals surface area contributed by atoms with Crippen LogP contribution in [0.2, 0.25) is 6.32 Å². The SMILES string of the molecule is [B]CC(=O)C(=C)CC(=C)OCC. The lowest BCUT2D eigenvalue weighted by Crippen LogP contribution is -2.02. The molecule has 0 unspecified atom stereocenters. The van der Waals surface area contributed by atoms with E-state index in [1.807, 2.05) is 6.92 Å². The van der Waals surface area contributed by atoms with Crippen molar-refractivity contribution in [1.29, 1.82) is 0 Å². The van der Waals surface area contributed by atoms with E-state index in [2.05, 4.69) is 13.2 Å². The van der Waals surface area contributed by atoms with Crippen LogP contribution in [-0.2, 0) is 9.53 Å². The van der Waals surface area contributed by atoms with Crippen LogP contribution in [0.1, 0.15) is 13.3 Å². The number of Topliss-reactive ketones (excluding diaryl/α,β-unsaturated/α-hetero) is 1. The summed E-state index contributed by atoms with van der Waals surface area (Å²) in [7, 11) is 5.14. The smallest absolute Gasteiger partial charge is 0.150 e. The normalized spacial score (nSPS) is 9.08. The fraction of sp³-hybridized carbons (Fsp3) is 0.444. The fourth-order valence-electron chi connectivity index (χ4n) is 0.736. The van der Waals surface area contributed by atoms with Crippen molar-refractivity contribution in [2.75, 3.05) is 6.61 Å². The van der Waals surface area contributed by atoms with Gasteiger partial charge in [0.25, 0.3) is 0 Å². The summed E-state index contributed by atoms with van der Waals surface area (Å²) in [5, 5.41) is 0. The van der Waals surface area contributed by atoms with Crippen molar-refractivity contribution in [3.8, 4) is 0 Å². The minimum Gasteiger partial charge on any atom is -0.498 e. The molecule has 0 saturated carbocycles. The first-order valence-corrected chi connectivity index (χ1v) is 3.83. The number of hydrogen-bond acceptors (Lipinski definition) is 2. The molecule has 3 heteroatoms. The highest BCUT2D eigenvalue weighted by Crippen LogP contribution is 2.10. The largest absolute Gasteiger partial charge is 0.498 e. The van der Waals surface area contributed by atoms with E-state index >= 15 is 0 Å². The maximum atomic E-state index is 10.9. The third kappa shape index (κ3) is 4.01. The minimum atomic E-state index is -0.143. The quantitative estimate of drug-likeness (QED) is 0.339. The number of ether oxygens (including phenoxy) is 1. The van der Waals surface area contributed by atoms with Gasteiger partial charge in [-0.25, -0.2) is 0 Å². The van der Waals surface area contributed by atoms with E-state index in [4.69, 9.17) is 12.6 Å². The molecule has 0 aliphatic heterocycles. The first-order valence-electron chi connectivity index (χ1n) is 3.83. The zero-order valence-corrected chi connectivity index (χ0v) is 7.43. The molecule has 0 bridgehead atoms. The van der Waals surface area contributed by atoms with E-state index < -0.39 is 0 Å². The van der Waals surface area contributed by atoms with Gasteiger partial charge in [-0.2, -0.15) is 0 Å². The highest BCUT2D eigenvalue weighted by atomic mass is 16.5. The van der Waals surface area contributed by atoms with Crippen molar-refractivity contribution >= 4 is 13.6 Å². The van der Waals surface area contributed by atoms with E-state index in [0.29, 0.717) is 24.4 Å². The van der Waals surface area contributed by atoms with Gasteiger partial charge in [0.15, 0.2) is 0 Å². The highest BCUT2D eigenvalue weighted by Gasteiger charge is 2.05. The molecule has 0 amide bonds. The second-order valence-corrected chi connectivity index (χ2v) is 2.38. The molecule has 0 fully saturated rings. The van der Waals surface area contributed by atoms with E-state index in [-0.39, 0.29) is 12.1 Å². The van der Waals surface area contributed by atoms with E-state index in [0.717, 1.165) is 0 Å². The van der Waals surface area contributed by atoms with Crippen LogP contribution in [0, 0.1) is 0 Å². The maximum absolute atomic E-state index is 10.9. The van der Waals surface area contributed by atoms with Crippen LogP contribution in [0.3, 0.4) is 0 Å². The van der Waals surface area contributed by atoms with Crippen molar-refractivity contribution in [2.45, 2.75) is 19.7 Å². The van der Waals surface area contributed by atoms with Crippen molar-refractivity contribution < 1.29 is 9.53 Å². The molecule has 0 aliphatic rings. The summed E-state index contributed by atoms with van der Waals surface area (Å²) in [4.78, 5) is 10.9. The number of allylic oxidation sites excluding steroid dienone is 1. The van der Waals surface area contributed by atoms with Crippen LogP contribution in [0.5, 0.6) is 0 Å². The molecule has 0 rings (SSSR count). The number of carbonyl (C=O) groups excluding carboxylic acids is 1. The number of ketones is 1. The molecule has 0 aliphatic carbocycles. The topological polar surface area (TPSA) is 26.3 Å². The van der Waals surface area contributed by atoms with Crippen LogP contribution in [0.4, 0.5) is 0 Å². The summed E-state index contributed by atoms with van der Waals surface area (Å²) < 4.78 is 5.06. The first-order chi connectivity index (χ1) is 5.61. The Labute approximate surface area is 74.7 Å². The predicted octanol–water partition coefficient (Wildman–Crippen LogP) is 1.64. The summed E-state index contributed by atoms with van der Waals surface area (Å²) in [5.74, 6) is 0.417. The minimum absolute atomic E-state index is 0.00175. The summed E-state index contributed by atoms with van der Waals surface area (Å²) in [6.07, 6.45) is 0.377. The van der Waals surface area contributed by atoms with Gasteiger partial charge < -0.3 is 4.74 Å². The van der Waals surface area contributed by atoms with Gasteiger partial charge in [0.1, 0.15) is 5.78 Å². The van der Waals surface area contributed by atoms with Gasteiger partial charge >= 0.3 is 0 Å². The first kappa shape index (κ1) is 11.0. The van der Waals surface area contributed by atoms with Crippen molar-refractivity contribution in [3.05, 3.63) is 24.5 Å². The Morgan fingerprint density at radius 1 is 1.50 bits per heavy atom. The molecule has 0 aromatic carbocycles. The molecule has 0 aromatic rings. The lowest BCUT2D eigenvalue weighted by atomic mass is 9.95. The van der Waals surface area contributed by atoms with Gasteiger partial charge in [-0.3, -0.25) is 4.79 Å². The molecule has 0 heterocycles. The average molecular weight is 164 g/mol. The van der Waals surface area contributed by atoms with Crippen LogP contribution in [0.15, 0.2) is 24.5 Å². The van der Waals surface area contributed by atoms with Gasteiger partial charge in [0.2, 0.25) is 0 Å². The summed E-state index contributed by atoms with van der Waals surface area (Å²) in [5.41, 5.74) is 0.455. The van der Waals surface area contributed by atoms with Crippen molar-refractivity contribution in [2.24, 2.45) is 0 Å². The third-order valence-electron chi connectivity index (χ3n) is 1.34. The predicted molar refractivity (Wildman–Crippen MR) is 50.1 cm³/mol. The van der Waals surface area contributed by atoms with Crippen molar-refractivity contribution in [3.63, 3.8) is 0 Å². The molecular formula is C9H13BO2. The van der Waals surface area contributed by atoms with Gasteiger partial charge in [-0.1, -0.05) is 13.2 Å². The Morgan fingerprint density at radius 2 is 2.08 bits per heavy atom. The maximum Gasteiger partial charge on any atom is 0.150 e. The number of carbonyl (C=O) groups is 1. The Morgan fingerprint density at radius 3 is 2.50 bits per heavy atom. The molecule has 0 N–H and O–H groups in total. The molecule has 2 radical (unpaired) electrons. The number of hydrogen-bond donors (Lipinski definition) is 0. The zero-order valence-electron chi connectivity index (χ0n) is 7.43. The molecule has 2 nitrogen and oxygen atoms in total. The Balaban J connectivity index is 3.84. The van der Waals surface area contributed by atoms with Crippen LogP contribution in [-0.4, -0.2) is 20.2 Å². The summed E-state index contributed by atoms with van der Waals surface area (Å²) in [6.45, 7) is 9.62. The van der Waals surface area contributed by atoms with E-state index in [9.17, 15) is 4.79 Å². The van der Waals surface area contributed by atoms with Gasteiger partial charge in [0, 0.05) is 6.42 Å². The second-order valence-electron chi connectivity index (χ2n) is 2.38. The monoisotopic (exact) mass is 164 g/mol. The van der Waals surface area contributed by atoms with Crippen LogP contribution in [0.25, 0.3) is 0 Å². The molecular weight excluding hydrogens is 151 g/mol. The fourth-order valence-corrected chi connectivity index (χ4v) is 0.736. The Bertz CT molecular complexity index is 197. The highest BCUT2D eigenvalue weighted by molar-refractivity contribution is 6.23. The Kier molecular flexibility index (Phi) is 5.18. The molecule has 64 valence electrons. The van der Waals surface area contributed by atoms with Crippen molar-refractivity contribution in [1.82, 2.24) is 0 Å². The average Bonchev–Trinajstić information content (AvgIpc) is 2.03. The molecule has 0 aromatic heterocycles. The molecule has 12 heavy (non-hydrogen) atoms. The molecule has 0 atom stereocenters. The third-order valence-corrected chi connectivity index (χ3v) is 1.34. The molecule has 0 spiro atoms. The van der Waals surface area contributed by atoms with Gasteiger partial charge in [-0.05, 0) is 18.8 Å². The zero-order chi connectivity index (χ0) is 9.56. The summed E-state index contributed by atoms with van der Waals surface area (Å²) >= 11 is 0. The van der Waals surface area contributed by atoms with Crippen LogP contribution < -0.4 is 0 Å². The standard InChI is InChI=1S/C9H13BO2/c1-4-12-8(3)5-7(2)9(11)6-10/h2-6H2,1H3. The lowest BCUT2D eigenvalue weighted by Gasteiger charge is -2.07. The van der Waals surface area contributed by atoms with E-state index in [1.165, 1.54) is 0 Å². The summed E-state index contributed by atoms with van der Waals surface area (Å²) in [6, 6.07) is 0. The second kappa shape index (κ2) is 5.64. The molecule has 0 saturated heterocycles. The van der Waals surface area contributed by atoms with Gasteiger partial charge in [-0.15, -0.1) is 0 Å². The number of rotatable bonds is 6.